The van der Waals surface area contributed by atoms with Crippen LogP contribution in [0.3, 0.4) is 0 Å². The molecule has 0 heterocycles. The highest BCUT2D eigenvalue weighted by Gasteiger charge is 2.13. The summed E-state index contributed by atoms with van der Waals surface area (Å²) >= 11 is 0. The zero-order valence-corrected chi connectivity index (χ0v) is 10.8. The fourth-order valence-electron chi connectivity index (χ4n) is 0.989. The molecule has 0 saturated heterocycles. The number of rotatable bonds is 8. The Bertz CT molecular complexity index is 258. The second kappa shape index (κ2) is 8.51. The van der Waals surface area contributed by atoms with Crippen molar-refractivity contribution in [3.63, 3.8) is 0 Å². The van der Waals surface area contributed by atoms with Gasteiger partial charge in [-0.3, -0.25) is 0 Å². The van der Waals surface area contributed by atoms with Gasteiger partial charge in [0.1, 0.15) is 5.75 Å². The van der Waals surface area contributed by atoms with Crippen LogP contribution in [0.4, 0.5) is 0 Å². The second-order valence-corrected chi connectivity index (χ2v) is 4.44. The number of hydrogen-bond donors (Lipinski definition) is 0. The SMILES string of the molecule is CCCOP(OCCC)Oc1ccccc1. The van der Waals surface area contributed by atoms with Crippen molar-refractivity contribution in [3.8, 4) is 5.75 Å². The summed E-state index contributed by atoms with van der Waals surface area (Å²) in [5, 5.41) is 0. The van der Waals surface area contributed by atoms with Crippen LogP contribution >= 0.6 is 8.60 Å². The summed E-state index contributed by atoms with van der Waals surface area (Å²) in [6.45, 7) is 5.47. The summed E-state index contributed by atoms with van der Waals surface area (Å²) in [6, 6.07) is 9.62. The molecule has 1 aromatic rings. The zero-order chi connectivity index (χ0) is 11.6. The third kappa shape index (κ3) is 5.45. The van der Waals surface area contributed by atoms with Gasteiger partial charge < -0.3 is 13.6 Å². The first-order valence-electron chi connectivity index (χ1n) is 5.65. The van der Waals surface area contributed by atoms with Crippen LogP contribution in [0.1, 0.15) is 26.7 Å². The summed E-state index contributed by atoms with van der Waals surface area (Å²) in [5.74, 6) is 0.792. The second-order valence-electron chi connectivity index (χ2n) is 3.29. The maximum atomic E-state index is 5.64. The molecule has 0 saturated carbocycles. The number of benzene rings is 1. The Morgan fingerprint density at radius 1 is 0.938 bits per heavy atom. The predicted molar refractivity (Wildman–Crippen MR) is 66.5 cm³/mol. The average molecular weight is 242 g/mol. The highest BCUT2D eigenvalue weighted by Crippen LogP contribution is 2.40. The van der Waals surface area contributed by atoms with E-state index >= 15 is 0 Å². The fourth-order valence-corrected chi connectivity index (χ4v) is 2.13. The molecule has 0 amide bonds. The molecule has 0 unspecified atom stereocenters. The van der Waals surface area contributed by atoms with E-state index in [-0.39, 0.29) is 0 Å². The first-order valence-corrected chi connectivity index (χ1v) is 6.75. The van der Waals surface area contributed by atoms with E-state index < -0.39 is 8.60 Å². The molecule has 0 atom stereocenters. The molecular weight excluding hydrogens is 223 g/mol. The molecule has 1 rings (SSSR count). The summed E-state index contributed by atoms with van der Waals surface area (Å²) in [6.07, 6.45) is 1.93. The number of para-hydroxylation sites is 1. The molecule has 0 aromatic heterocycles. The lowest BCUT2D eigenvalue weighted by atomic mass is 10.3. The molecule has 0 N–H and O–H groups in total. The Hall–Kier alpha value is -0.630. The van der Waals surface area contributed by atoms with Gasteiger partial charge >= 0.3 is 8.60 Å². The van der Waals surface area contributed by atoms with Crippen LogP contribution in [0.15, 0.2) is 30.3 Å². The van der Waals surface area contributed by atoms with E-state index in [2.05, 4.69) is 13.8 Å². The summed E-state index contributed by atoms with van der Waals surface area (Å²) in [5.41, 5.74) is 0. The maximum Gasteiger partial charge on any atom is 0.397 e. The Morgan fingerprint density at radius 3 is 2.00 bits per heavy atom. The lowest BCUT2D eigenvalue weighted by Gasteiger charge is -2.16. The third-order valence-corrected chi connectivity index (χ3v) is 2.87. The van der Waals surface area contributed by atoms with E-state index in [0.29, 0.717) is 13.2 Å². The average Bonchev–Trinajstić information content (AvgIpc) is 2.34. The Kier molecular flexibility index (Phi) is 7.15. The van der Waals surface area contributed by atoms with Crippen LogP contribution in [0, 0.1) is 0 Å². The van der Waals surface area contributed by atoms with Gasteiger partial charge in [-0.15, -0.1) is 0 Å². The van der Waals surface area contributed by atoms with Crippen molar-refractivity contribution in [1.29, 1.82) is 0 Å². The first-order chi connectivity index (χ1) is 7.86. The smallest absolute Gasteiger partial charge is 0.397 e. The Morgan fingerprint density at radius 2 is 1.50 bits per heavy atom. The van der Waals surface area contributed by atoms with Crippen molar-refractivity contribution in [3.05, 3.63) is 30.3 Å². The number of hydrogen-bond acceptors (Lipinski definition) is 3. The predicted octanol–water partition coefficient (Wildman–Crippen LogP) is 4.15. The van der Waals surface area contributed by atoms with Gasteiger partial charge in [0.25, 0.3) is 0 Å². The van der Waals surface area contributed by atoms with Crippen molar-refractivity contribution in [1.82, 2.24) is 0 Å². The van der Waals surface area contributed by atoms with Gasteiger partial charge in [0.15, 0.2) is 0 Å². The van der Waals surface area contributed by atoms with Crippen LogP contribution < -0.4 is 4.52 Å². The Balaban J connectivity index is 2.42. The van der Waals surface area contributed by atoms with Crippen LogP contribution in [0.2, 0.25) is 0 Å². The molecule has 1 aromatic carbocycles. The van der Waals surface area contributed by atoms with Gasteiger partial charge in [0.05, 0.1) is 13.2 Å². The minimum Gasteiger partial charge on any atom is -0.427 e. The largest absolute Gasteiger partial charge is 0.427 e. The normalized spacial score (nSPS) is 10.7. The van der Waals surface area contributed by atoms with Crippen LogP contribution in [-0.2, 0) is 9.05 Å². The standard InChI is InChI=1S/C12H19O3P/c1-3-10-13-16(14-11-4-2)15-12-8-6-5-7-9-12/h5-9H,3-4,10-11H2,1-2H3. The lowest BCUT2D eigenvalue weighted by molar-refractivity contribution is 0.205. The molecule has 0 spiro atoms. The van der Waals surface area contributed by atoms with Crippen molar-refractivity contribution >= 4 is 8.60 Å². The van der Waals surface area contributed by atoms with Crippen molar-refractivity contribution in [2.75, 3.05) is 13.2 Å². The molecule has 0 aliphatic rings. The molecule has 0 bridgehead atoms. The van der Waals surface area contributed by atoms with Crippen LogP contribution in [-0.4, -0.2) is 13.2 Å². The van der Waals surface area contributed by atoms with Gasteiger partial charge in [-0.1, -0.05) is 32.0 Å². The molecule has 0 radical (unpaired) electrons. The molecule has 0 fully saturated rings. The van der Waals surface area contributed by atoms with E-state index in [1.165, 1.54) is 0 Å². The van der Waals surface area contributed by atoms with Gasteiger partial charge in [-0.25, -0.2) is 0 Å². The molecule has 0 aliphatic carbocycles. The monoisotopic (exact) mass is 242 g/mol. The summed E-state index contributed by atoms with van der Waals surface area (Å²) in [4.78, 5) is 0. The van der Waals surface area contributed by atoms with Gasteiger partial charge in [-0.2, -0.15) is 0 Å². The fraction of sp³-hybridized carbons (Fsp3) is 0.500. The quantitative estimate of drug-likeness (QED) is 0.641. The molecule has 0 aliphatic heterocycles. The van der Waals surface area contributed by atoms with E-state index in [0.717, 1.165) is 18.6 Å². The molecule has 16 heavy (non-hydrogen) atoms. The van der Waals surface area contributed by atoms with E-state index in [1.54, 1.807) is 0 Å². The van der Waals surface area contributed by atoms with Gasteiger partial charge in [0.2, 0.25) is 0 Å². The minimum atomic E-state index is -1.25. The molecule has 4 heteroatoms. The third-order valence-electron chi connectivity index (χ3n) is 1.72. The van der Waals surface area contributed by atoms with Gasteiger partial charge in [0, 0.05) is 0 Å². The van der Waals surface area contributed by atoms with Crippen molar-refractivity contribution in [2.45, 2.75) is 26.7 Å². The molecule has 90 valence electrons. The van der Waals surface area contributed by atoms with Crippen molar-refractivity contribution < 1.29 is 13.6 Å². The topological polar surface area (TPSA) is 27.7 Å². The maximum absolute atomic E-state index is 5.64. The van der Waals surface area contributed by atoms with Gasteiger partial charge in [-0.05, 0) is 25.0 Å². The lowest BCUT2D eigenvalue weighted by Crippen LogP contribution is -1.99. The highest BCUT2D eigenvalue weighted by molar-refractivity contribution is 7.42. The van der Waals surface area contributed by atoms with Crippen LogP contribution in [0.5, 0.6) is 5.75 Å². The summed E-state index contributed by atoms with van der Waals surface area (Å²) < 4.78 is 16.7. The molecular formula is C12H19O3P. The van der Waals surface area contributed by atoms with E-state index in [9.17, 15) is 0 Å². The van der Waals surface area contributed by atoms with Crippen molar-refractivity contribution in [2.24, 2.45) is 0 Å². The molecule has 3 nitrogen and oxygen atoms in total. The van der Waals surface area contributed by atoms with E-state index in [1.807, 2.05) is 30.3 Å². The highest BCUT2D eigenvalue weighted by atomic mass is 31.2. The summed E-state index contributed by atoms with van der Waals surface area (Å²) in [7, 11) is -1.25. The van der Waals surface area contributed by atoms with E-state index in [4.69, 9.17) is 13.6 Å². The van der Waals surface area contributed by atoms with Crippen LogP contribution in [0.25, 0.3) is 0 Å². The Labute approximate surface area is 98.7 Å². The minimum absolute atomic E-state index is 0.669. The zero-order valence-electron chi connectivity index (χ0n) is 9.89. The first kappa shape index (κ1) is 13.4.